The molecule has 0 bridgehead atoms. The van der Waals surface area contributed by atoms with Crippen molar-refractivity contribution in [3.05, 3.63) is 89.8 Å². The number of halogens is 1. The maximum absolute atomic E-state index is 13.6. The number of hydrogen-bond donors (Lipinski definition) is 1. The molecule has 5 nitrogen and oxygen atoms in total. The minimum atomic E-state index is -1.30. The molecular formula is C29H29FN2O3S. The SMILES string of the molecule is CNC(=O)c1c(-c2ccc(F)cc2)oc2cc(N(CCC=C(C)C)S(C)=O)c(-c3ccccc3)cc12. The van der Waals surface area contributed by atoms with E-state index in [1.54, 1.807) is 25.4 Å². The zero-order valence-corrected chi connectivity index (χ0v) is 21.6. The molecule has 4 rings (SSSR count). The summed E-state index contributed by atoms with van der Waals surface area (Å²) in [5, 5.41) is 3.32. The number of allylic oxidation sites excluding steroid dienone is 1. The van der Waals surface area contributed by atoms with E-state index in [1.165, 1.54) is 17.7 Å². The van der Waals surface area contributed by atoms with Gasteiger partial charge in [0.1, 0.15) is 28.1 Å². The molecule has 3 aromatic carbocycles. The molecular weight excluding hydrogens is 475 g/mol. The Morgan fingerprint density at radius 3 is 2.36 bits per heavy atom. The predicted molar refractivity (Wildman–Crippen MR) is 146 cm³/mol. The molecule has 186 valence electrons. The maximum Gasteiger partial charge on any atom is 0.255 e. The summed E-state index contributed by atoms with van der Waals surface area (Å²) in [4.78, 5) is 13.0. The summed E-state index contributed by atoms with van der Waals surface area (Å²) < 4.78 is 34.6. The van der Waals surface area contributed by atoms with Gasteiger partial charge in [-0.15, -0.1) is 0 Å². The number of nitrogens with zero attached hydrogens (tertiary/aromatic N) is 1. The Kier molecular flexibility index (Phi) is 7.70. The number of benzene rings is 3. The van der Waals surface area contributed by atoms with E-state index in [0.717, 1.165) is 23.2 Å². The lowest BCUT2D eigenvalue weighted by molar-refractivity contribution is 0.0964. The van der Waals surface area contributed by atoms with Gasteiger partial charge in [-0.1, -0.05) is 42.0 Å². The zero-order valence-electron chi connectivity index (χ0n) is 20.8. The number of amides is 1. The van der Waals surface area contributed by atoms with Crippen LogP contribution in [0.3, 0.4) is 0 Å². The number of hydrogen-bond acceptors (Lipinski definition) is 3. The summed E-state index contributed by atoms with van der Waals surface area (Å²) >= 11 is 0. The molecule has 1 amide bonds. The van der Waals surface area contributed by atoms with Crippen LogP contribution in [0.5, 0.6) is 0 Å². The third kappa shape index (κ3) is 5.26. The molecule has 1 aromatic heterocycles. The van der Waals surface area contributed by atoms with Crippen molar-refractivity contribution in [1.29, 1.82) is 0 Å². The number of rotatable bonds is 8. The van der Waals surface area contributed by atoms with Crippen molar-refractivity contribution in [2.45, 2.75) is 20.3 Å². The van der Waals surface area contributed by atoms with Crippen molar-refractivity contribution in [1.82, 2.24) is 5.32 Å². The minimum Gasteiger partial charge on any atom is -0.455 e. The lowest BCUT2D eigenvalue weighted by Gasteiger charge is -2.24. The molecule has 0 fully saturated rings. The van der Waals surface area contributed by atoms with Crippen LogP contribution in [0.15, 0.2) is 82.8 Å². The van der Waals surface area contributed by atoms with Crippen molar-refractivity contribution in [3.8, 4) is 22.5 Å². The Morgan fingerprint density at radius 2 is 1.75 bits per heavy atom. The Morgan fingerprint density at radius 1 is 1.06 bits per heavy atom. The Balaban J connectivity index is 1.99. The molecule has 36 heavy (non-hydrogen) atoms. The van der Waals surface area contributed by atoms with Gasteiger partial charge in [0.25, 0.3) is 5.91 Å². The molecule has 0 aliphatic carbocycles. The van der Waals surface area contributed by atoms with Crippen molar-refractivity contribution < 1.29 is 17.8 Å². The van der Waals surface area contributed by atoms with Gasteiger partial charge in [0.2, 0.25) is 0 Å². The topological polar surface area (TPSA) is 62.6 Å². The van der Waals surface area contributed by atoms with Crippen LogP contribution in [0.2, 0.25) is 0 Å². The number of nitrogens with one attached hydrogen (secondary N) is 1. The van der Waals surface area contributed by atoms with Gasteiger partial charge in [-0.25, -0.2) is 8.60 Å². The van der Waals surface area contributed by atoms with E-state index in [4.69, 9.17) is 4.42 Å². The van der Waals surface area contributed by atoms with Crippen LogP contribution in [0.25, 0.3) is 33.4 Å². The van der Waals surface area contributed by atoms with Crippen molar-refractivity contribution >= 4 is 33.5 Å². The fraction of sp³-hybridized carbons (Fsp3) is 0.207. The van der Waals surface area contributed by atoms with Gasteiger partial charge in [0.05, 0.1) is 11.3 Å². The van der Waals surface area contributed by atoms with Gasteiger partial charge < -0.3 is 9.73 Å². The first kappa shape index (κ1) is 25.4. The smallest absolute Gasteiger partial charge is 0.255 e. The molecule has 1 unspecified atom stereocenters. The van der Waals surface area contributed by atoms with Crippen LogP contribution >= 0.6 is 0 Å². The quantitative estimate of drug-likeness (QED) is 0.271. The van der Waals surface area contributed by atoms with Crippen LogP contribution in [0.1, 0.15) is 30.6 Å². The van der Waals surface area contributed by atoms with E-state index in [-0.39, 0.29) is 11.7 Å². The molecule has 7 heteroatoms. The molecule has 0 aliphatic heterocycles. The summed E-state index contributed by atoms with van der Waals surface area (Å²) in [7, 11) is 0.261. The van der Waals surface area contributed by atoms with E-state index in [2.05, 4.69) is 11.4 Å². The molecule has 0 spiro atoms. The average Bonchev–Trinajstić information content (AvgIpc) is 3.24. The summed E-state index contributed by atoms with van der Waals surface area (Å²) in [6.45, 7) is 4.62. The Hall–Kier alpha value is -3.71. The van der Waals surface area contributed by atoms with Crippen LogP contribution in [0, 0.1) is 5.82 Å². The monoisotopic (exact) mass is 504 g/mol. The molecule has 1 atom stereocenters. The highest BCUT2D eigenvalue weighted by Gasteiger charge is 2.25. The summed E-state index contributed by atoms with van der Waals surface area (Å²) in [5.41, 5.74) is 5.16. The molecule has 0 saturated carbocycles. The lowest BCUT2D eigenvalue weighted by Crippen LogP contribution is -2.26. The van der Waals surface area contributed by atoms with E-state index in [0.29, 0.717) is 34.4 Å². The average molecular weight is 505 g/mol. The third-order valence-electron chi connectivity index (χ3n) is 5.92. The van der Waals surface area contributed by atoms with Gasteiger partial charge in [0, 0.05) is 42.4 Å². The first-order valence-corrected chi connectivity index (χ1v) is 13.2. The van der Waals surface area contributed by atoms with Gasteiger partial charge in [0.15, 0.2) is 0 Å². The molecule has 4 aromatic rings. The fourth-order valence-electron chi connectivity index (χ4n) is 4.20. The van der Waals surface area contributed by atoms with E-state index < -0.39 is 11.0 Å². The number of fused-ring (bicyclic) bond motifs is 1. The Labute approximate surface area is 213 Å². The zero-order chi connectivity index (χ0) is 25.8. The molecule has 1 N–H and O–H groups in total. The second-order valence-corrected chi connectivity index (χ2v) is 10.0. The second-order valence-electron chi connectivity index (χ2n) is 8.72. The van der Waals surface area contributed by atoms with Crippen LogP contribution in [-0.4, -0.2) is 30.0 Å². The fourth-order valence-corrected chi connectivity index (χ4v) is 4.99. The van der Waals surface area contributed by atoms with Gasteiger partial charge in [-0.2, -0.15) is 0 Å². The minimum absolute atomic E-state index is 0.306. The highest BCUT2D eigenvalue weighted by molar-refractivity contribution is 7.85. The number of furan rings is 1. The molecule has 0 radical (unpaired) electrons. The number of anilines is 1. The normalized spacial score (nSPS) is 11.8. The standard InChI is InChI=1S/C29H29FN2O3S/c1-19(2)9-8-16-32(36(4)34)25-18-26-24(17-23(25)20-10-6-5-7-11-20)27(29(33)31-3)28(35-26)21-12-14-22(30)15-13-21/h5-7,9-15,17-18H,8,16H2,1-4H3,(H,31,33). The van der Waals surface area contributed by atoms with Crippen molar-refractivity contribution in [2.75, 3.05) is 24.2 Å². The maximum atomic E-state index is 13.6. The molecule has 1 heterocycles. The van der Waals surface area contributed by atoms with Crippen LogP contribution < -0.4 is 9.62 Å². The van der Waals surface area contributed by atoms with E-state index >= 15 is 0 Å². The highest BCUT2D eigenvalue weighted by atomic mass is 32.2. The lowest BCUT2D eigenvalue weighted by atomic mass is 9.98. The largest absolute Gasteiger partial charge is 0.455 e. The van der Waals surface area contributed by atoms with Crippen molar-refractivity contribution in [3.63, 3.8) is 0 Å². The molecule has 0 aliphatic rings. The van der Waals surface area contributed by atoms with Crippen molar-refractivity contribution in [2.24, 2.45) is 0 Å². The van der Waals surface area contributed by atoms with Crippen LogP contribution in [-0.2, 0) is 11.0 Å². The van der Waals surface area contributed by atoms with E-state index in [1.807, 2.05) is 60.6 Å². The predicted octanol–water partition coefficient (Wildman–Crippen LogP) is 6.72. The number of carbonyl (C=O) groups excluding carboxylic acids is 1. The number of carbonyl (C=O) groups is 1. The Bertz CT molecular complexity index is 1440. The van der Waals surface area contributed by atoms with Gasteiger partial charge in [-0.05, 0) is 56.2 Å². The summed E-state index contributed by atoms with van der Waals surface area (Å²) in [5.74, 6) is -0.323. The van der Waals surface area contributed by atoms with E-state index in [9.17, 15) is 13.4 Å². The first-order valence-electron chi connectivity index (χ1n) is 11.7. The van der Waals surface area contributed by atoms with Crippen LogP contribution in [0.4, 0.5) is 10.1 Å². The first-order chi connectivity index (χ1) is 17.3. The summed E-state index contributed by atoms with van der Waals surface area (Å²) in [6, 6.07) is 19.4. The van der Waals surface area contributed by atoms with Gasteiger partial charge in [-0.3, -0.25) is 9.10 Å². The third-order valence-corrected chi connectivity index (χ3v) is 6.92. The highest BCUT2D eigenvalue weighted by Crippen LogP contribution is 2.41. The summed E-state index contributed by atoms with van der Waals surface area (Å²) in [6.07, 6.45) is 4.50. The molecule has 0 saturated heterocycles. The second kappa shape index (κ2) is 10.9. The van der Waals surface area contributed by atoms with Gasteiger partial charge >= 0.3 is 0 Å².